The summed E-state index contributed by atoms with van der Waals surface area (Å²) in [6, 6.07) is 0.492. The van der Waals surface area contributed by atoms with Crippen LogP contribution in [0.2, 0.25) is 0 Å². The van der Waals surface area contributed by atoms with Crippen LogP contribution in [-0.2, 0) is 4.74 Å². The highest BCUT2D eigenvalue weighted by Crippen LogP contribution is 2.09. The van der Waals surface area contributed by atoms with Crippen LogP contribution in [0.15, 0.2) is 0 Å². The second-order valence-corrected chi connectivity index (χ2v) is 5.09. The summed E-state index contributed by atoms with van der Waals surface area (Å²) < 4.78 is 5.86. The summed E-state index contributed by atoms with van der Waals surface area (Å²) in [6.07, 6.45) is 1.54. The molecule has 2 heteroatoms. The second kappa shape index (κ2) is 8.12. The summed E-state index contributed by atoms with van der Waals surface area (Å²) >= 11 is 0. The van der Waals surface area contributed by atoms with E-state index in [1.807, 2.05) is 0 Å². The first-order valence-electron chi connectivity index (χ1n) is 6.34. The molecular formula is C13H29NO. The van der Waals surface area contributed by atoms with Crippen molar-refractivity contribution in [2.45, 2.75) is 60.1 Å². The average molecular weight is 215 g/mol. The van der Waals surface area contributed by atoms with Crippen molar-refractivity contribution in [3.8, 4) is 0 Å². The molecule has 0 aromatic heterocycles. The molecule has 92 valence electrons. The first kappa shape index (κ1) is 14.9. The maximum Gasteiger partial charge on any atom is 0.0625 e. The maximum absolute atomic E-state index is 5.86. The van der Waals surface area contributed by atoms with Gasteiger partial charge in [-0.25, -0.2) is 0 Å². The molecule has 0 amide bonds. The lowest BCUT2D eigenvalue weighted by molar-refractivity contribution is 0.0152. The van der Waals surface area contributed by atoms with Crippen LogP contribution in [-0.4, -0.2) is 25.3 Å². The molecule has 0 radical (unpaired) electrons. The minimum absolute atomic E-state index is 0.356. The van der Waals surface area contributed by atoms with Crippen molar-refractivity contribution in [3.63, 3.8) is 0 Å². The third-order valence-electron chi connectivity index (χ3n) is 2.94. The average Bonchev–Trinajstić information content (AvgIpc) is 2.16. The van der Waals surface area contributed by atoms with E-state index in [-0.39, 0.29) is 0 Å². The molecule has 0 aromatic carbocycles. The fourth-order valence-electron chi connectivity index (χ4n) is 1.26. The van der Waals surface area contributed by atoms with Gasteiger partial charge >= 0.3 is 0 Å². The van der Waals surface area contributed by atoms with Crippen molar-refractivity contribution in [1.82, 2.24) is 5.32 Å². The molecule has 0 aliphatic carbocycles. The molecule has 0 heterocycles. The summed E-state index contributed by atoms with van der Waals surface area (Å²) in [6.45, 7) is 15.2. The smallest absolute Gasteiger partial charge is 0.0625 e. The summed E-state index contributed by atoms with van der Waals surface area (Å²) in [4.78, 5) is 0. The number of rotatable bonds is 8. The van der Waals surface area contributed by atoms with Gasteiger partial charge in [0.1, 0.15) is 0 Å². The molecule has 0 saturated heterocycles. The van der Waals surface area contributed by atoms with Crippen molar-refractivity contribution in [3.05, 3.63) is 0 Å². The first-order valence-corrected chi connectivity index (χ1v) is 6.34. The minimum atomic E-state index is 0.356. The summed E-state index contributed by atoms with van der Waals surface area (Å²) in [5.74, 6) is 1.24. The maximum atomic E-state index is 5.86. The Morgan fingerprint density at radius 1 is 1.00 bits per heavy atom. The molecule has 15 heavy (non-hydrogen) atoms. The second-order valence-electron chi connectivity index (χ2n) is 5.09. The zero-order valence-corrected chi connectivity index (χ0v) is 11.3. The monoisotopic (exact) mass is 215 g/mol. The van der Waals surface area contributed by atoms with E-state index in [9.17, 15) is 0 Å². The summed E-state index contributed by atoms with van der Waals surface area (Å²) in [7, 11) is 0. The van der Waals surface area contributed by atoms with E-state index >= 15 is 0 Å². The molecular weight excluding hydrogens is 186 g/mol. The van der Waals surface area contributed by atoms with Crippen LogP contribution in [0.25, 0.3) is 0 Å². The van der Waals surface area contributed by atoms with Crippen LogP contribution in [0.5, 0.6) is 0 Å². The van der Waals surface area contributed by atoms with E-state index in [1.165, 1.54) is 6.42 Å². The van der Waals surface area contributed by atoms with Gasteiger partial charge in [0.2, 0.25) is 0 Å². The third-order valence-corrected chi connectivity index (χ3v) is 2.94. The number of ether oxygens (including phenoxy) is 1. The van der Waals surface area contributed by atoms with Crippen molar-refractivity contribution in [1.29, 1.82) is 0 Å². The lowest BCUT2D eigenvalue weighted by Gasteiger charge is -2.25. The quantitative estimate of drug-likeness (QED) is 0.672. The third kappa shape index (κ3) is 6.91. The summed E-state index contributed by atoms with van der Waals surface area (Å²) in [5, 5.41) is 3.54. The highest BCUT2D eigenvalue weighted by atomic mass is 16.5. The number of hydrogen-bond donors (Lipinski definition) is 1. The predicted octanol–water partition coefficient (Wildman–Crippen LogP) is 3.07. The molecule has 2 nitrogen and oxygen atoms in total. The molecule has 0 aromatic rings. The van der Waals surface area contributed by atoms with Gasteiger partial charge in [0.05, 0.1) is 12.7 Å². The van der Waals surface area contributed by atoms with Crippen LogP contribution in [0.4, 0.5) is 0 Å². The Bertz CT molecular complexity index is 145. The Balaban J connectivity index is 3.85. The first-order chi connectivity index (χ1) is 6.99. The van der Waals surface area contributed by atoms with Gasteiger partial charge in [0.15, 0.2) is 0 Å². The molecule has 1 N–H and O–H groups in total. The predicted molar refractivity (Wildman–Crippen MR) is 67.2 cm³/mol. The van der Waals surface area contributed by atoms with Crippen LogP contribution < -0.4 is 5.32 Å². The Kier molecular flexibility index (Phi) is 8.07. The van der Waals surface area contributed by atoms with E-state index in [0.29, 0.717) is 24.0 Å². The highest BCUT2D eigenvalue weighted by Gasteiger charge is 2.15. The highest BCUT2D eigenvalue weighted by molar-refractivity contribution is 4.70. The number of nitrogens with one attached hydrogen (secondary N) is 1. The van der Waals surface area contributed by atoms with Crippen molar-refractivity contribution in [2.24, 2.45) is 11.8 Å². The van der Waals surface area contributed by atoms with Crippen LogP contribution in [0, 0.1) is 11.8 Å². The standard InChI is InChI=1S/C13H29NO/c1-7-8-14-13(11(4)5)9-15-12(6)10(2)3/h10-14H,7-9H2,1-6H3. The lowest BCUT2D eigenvalue weighted by Crippen LogP contribution is -2.39. The van der Waals surface area contributed by atoms with Crippen molar-refractivity contribution < 1.29 is 4.74 Å². The van der Waals surface area contributed by atoms with Gasteiger partial charge in [-0.15, -0.1) is 0 Å². The van der Waals surface area contributed by atoms with Gasteiger partial charge in [-0.2, -0.15) is 0 Å². The van der Waals surface area contributed by atoms with E-state index in [4.69, 9.17) is 4.74 Å². The Labute approximate surface area is 95.8 Å². The van der Waals surface area contributed by atoms with E-state index in [0.717, 1.165) is 13.2 Å². The van der Waals surface area contributed by atoms with Gasteiger partial charge in [0, 0.05) is 6.04 Å². The lowest BCUT2D eigenvalue weighted by atomic mass is 10.0. The molecule has 0 fully saturated rings. The van der Waals surface area contributed by atoms with Crippen LogP contribution in [0.1, 0.15) is 48.0 Å². The van der Waals surface area contributed by atoms with E-state index in [1.54, 1.807) is 0 Å². The van der Waals surface area contributed by atoms with Gasteiger partial charge < -0.3 is 10.1 Å². The zero-order chi connectivity index (χ0) is 11.8. The van der Waals surface area contributed by atoms with Crippen molar-refractivity contribution >= 4 is 0 Å². The molecule has 0 bridgehead atoms. The molecule has 0 rings (SSSR count). The molecule has 0 aliphatic heterocycles. The molecule has 0 spiro atoms. The molecule has 2 atom stereocenters. The van der Waals surface area contributed by atoms with Crippen LogP contribution >= 0.6 is 0 Å². The Hall–Kier alpha value is -0.0800. The van der Waals surface area contributed by atoms with Crippen LogP contribution in [0.3, 0.4) is 0 Å². The molecule has 0 saturated carbocycles. The van der Waals surface area contributed by atoms with E-state index < -0.39 is 0 Å². The SMILES string of the molecule is CCCNC(COC(C)C(C)C)C(C)C. The number of hydrogen-bond acceptors (Lipinski definition) is 2. The molecule has 2 unspecified atom stereocenters. The fourth-order valence-corrected chi connectivity index (χ4v) is 1.26. The Morgan fingerprint density at radius 2 is 1.60 bits per heavy atom. The van der Waals surface area contributed by atoms with Gasteiger partial charge in [-0.1, -0.05) is 34.6 Å². The Morgan fingerprint density at radius 3 is 2.00 bits per heavy atom. The van der Waals surface area contributed by atoms with Gasteiger partial charge in [-0.3, -0.25) is 0 Å². The normalized spacial score (nSPS) is 16.0. The minimum Gasteiger partial charge on any atom is -0.377 e. The zero-order valence-electron chi connectivity index (χ0n) is 11.3. The topological polar surface area (TPSA) is 21.3 Å². The van der Waals surface area contributed by atoms with Gasteiger partial charge in [-0.05, 0) is 31.7 Å². The molecule has 0 aliphatic rings. The van der Waals surface area contributed by atoms with Crippen molar-refractivity contribution in [2.75, 3.05) is 13.2 Å². The van der Waals surface area contributed by atoms with E-state index in [2.05, 4.69) is 46.9 Å². The fraction of sp³-hybridized carbons (Fsp3) is 1.00. The van der Waals surface area contributed by atoms with Gasteiger partial charge in [0.25, 0.3) is 0 Å². The largest absolute Gasteiger partial charge is 0.377 e. The summed E-state index contributed by atoms with van der Waals surface area (Å²) in [5.41, 5.74) is 0.